The van der Waals surface area contributed by atoms with Crippen molar-refractivity contribution >= 4 is 23.6 Å². The first-order valence-corrected chi connectivity index (χ1v) is 11.2. The molecule has 0 aromatic carbocycles. The second-order valence-electron chi connectivity index (χ2n) is 9.22. The van der Waals surface area contributed by atoms with E-state index >= 15 is 0 Å². The van der Waals surface area contributed by atoms with Crippen molar-refractivity contribution in [3.8, 4) is 0 Å². The van der Waals surface area contributed by atoms with E-state index < -0.39 is 5.54 Å². The molecular formula is C21H34N8O4. The smallest absolute Gasteiger partial charge is 0.226 e. The van der Waals surface area contributed by atoms with Crippen LogP contribution in [0.15, 0.2) is 6.20 Å². The Hall–Kier alpha value is -3.02. The van der Waals surface area contributed by atoms with Crippen molar-refractivity contribution in [3.05, 3.63) is 11.9 Å². The zero-order chi connectivity index (χ0) is 24.2. The van der Waals surface area contributed by atoms with Gasteiger partial charge in [-0.25, -0.2) is 0 Å². The lowest BCUT2D eigenvalue weighted by Gasteiger charge is -2.60. The maximum Gasteiger partial charge on any atom is 0.226 e. The minimum atomic E-state index is -0.524. The van der Waals surface area contributed by atoms with Crippen molar-refractivity contribution in [1.82, 2.24) is 41.2 Å². The molecule has 5 atom stereocenters. The molecule has 3 unspecified atom stereocenters. The molecule has 12 heteroatoms. The normalized spacial score (nSPS) is 28.1. The van der Waals surface area contributed by atoms with Crippen LogP contribution < -0.4 is 21.3 Å². The van der Waals surface area contributed by atoms with E-state index in [1.807, 2.05) is 0 Å². The molecule has 0 spiro atoms. The maximum absolute atomic E-state index is 13.0. The summed E-state index contributed by atoms with van der Waals surface area (Å²) in [4.78, 5) is 50.1. The van der Waals surface area contributed by atoms with Crippen molar-refractivity contribution in [2.45, 2.75) is 70.1 Å². The van der Waals surface area contributed by atoms with Gasteiger partial charge >= 0.3 is 0 Å². The minimum Gasteiger partial charge on any atom is -0.355 e. The first-order chi connectivity index (χ1) is 15.6. The van der Waals surface area contributed by atoms with Gasteiger partial charge in [-0.05, 0) is 19.3 Å². The molecule has 0 saturated carbocycles. The highest BCUT2D eigenvalue weighted by Gasteiger charge is 2.54. The largest absolute Gasteiger partial charge is 0.355 e. The highest BCUT2D eigenvalue weighted by atomic mass is 16.2. The van der Waals surface area contributed by atoms with E-state index in [0.29, 0.717) is 44.6 Å². The van der Waals surface area contributed by atoms with Crippen LogP contribution in [0.4, 0.5) is 0 Å². The fourth-order valence-corrected chi connectivity index (χ4v) is 5.26. The van der Waals surface area contributed by atoms with E-state index in [-0.39, 0.29) is 48.2 Å². The number of amides is 4. The Balaban J connectivity index is 1.84. The quantitative estimate of drug-likeness (QED) is 0.339. The van der Waals surface area contributed by atoms with Crippen LogP contribution in [0.3, 0.4) is 0 Å². The molecule has 2 bridgehead atoms. The van der Waals surface area contributed by atoms with E-state index in [1.54, 1.807) is 17.9 Å². The van der Waals surface area contributed by atoms with E-state index in [0.717, 1.165) is 0 Å². The highest BCUT2D eigenvalue weighted by Crippen LogP contribution is 2.43. The predicted molar refractivity (Wildman–Crippen MR) is 119 cm³/mol. The molecule has 3 fully saturated rings. The molecule has 1 aromatic rings. The number of aromatic nitrogens is 3. The number of hydrogen-bond acceptors (Lipinski definition) is 7. The summed E-state index contributed by atoms with van der Waals surface area (Å²) in [7, 11) is 1.75. The lowest BCUT2D eigenvalue weighted by molar-refractivity contribution is -0.132. The monoisotopic (exact) mass is 462 g/mol. The van der Waals surface area contributed by atoms with E-state index in [1.165, 1.54) is 20.8 Å². The number of aryl methyl sites for hydroxylation is 1. The van der Waals surface area contributed by atoms with Gasteiger partial charge in [-0.2, -0.15) is 0 Å². The molecule has 4 N–H and O–H groups in total. The third-order valence-corrected chi connectivity index (χ3v) is 6.30. The van der Waals surface area contributed by atoms with Gasteiger partial charge in [0.25, 0.3) is 0 Å². The summed E-state index contributed by atoms with van der Waals surface area (Å²) >= 11 is 0. The lowest BCUT2D eigenvalue weighted by atomic mass is 9.69. The molecule has 4 rings (SSSR count). The average Bonchev–Trinajstić information content (AvgIpc) is 3.13. The summed E-state index contributed by atoms with van der Waals surface area (Å²) in [6, 6.07) is -0.151. The van der Waals surface area contributed by atoms with Crippen LogP contribution in [-0.4, -0.2) is 86.8 Å². The standard InChI is InChI=1S/C21H34N8O4/c1-13(30)22-9-17-6-21(25-20(33)5-16-12-28(4)27-26-16)7-18(10-23-14(2)31)29(17)19(8-21)11-24-15(3)32/h12,17-19H,5-11H2,1-4H3,(H,22,30)(H,23,31)(H,24,32)(H,25,33)/t17-,18+,19?,21?. The number of carbonyl (C=O) groups excluding carboxylic acids is 4. The summed E-state index contributed by atoms with van der Waals surface area (Å²) in [5, 5.41) is 19.8. The minimum absolute atomic E-state index is 0.0502. The molecule has 4 amide bonds. The molecule has 0 radical (unpaired) electrons. The number of rotatable bonds is 9. The summed E-state index contributed by atoms with van der Waals surface area (Å²) < 4.78 is 1.55. The average molecular weight is 463 g/mol. The van der Waals surface area contributed by atoms with Gasteiger partial charge in [0, 0.05) is 77.3 Å². The zero-order valence-electron chi connectivity index (χ0n) is 19.7. The number of nitrogens with zero attached hydrogens (tertiary/aromatic N) is 4. The third kappa shape index (κ3) is 6.50. The second kappa shape index (κ2) is 10.3. The Morgan fingerprint density at radius 3 is 1.73 bits per heavy atom. The first-order valence-electron chi connectivity index (χ1n) is 11.2. The molecule has 0 aliphatic carbocycles. The van der Waals surface area contributed by atoms with Crippen LogP contribution in [0, 0.1) is 0 Å². The number of fused-ring (bicyclic) bond motifs is 3. The van der Waals surface area contributed by atoms with Crippen LogP contribution >= 0.6 is 0 Å². The van der Waals surface area contributed by atoms with Gasteiger partial charge in [-0.15, -0.1) is 5.10 Å². The van der Waals surface area contributed by atoms with Crippen LogP contribution in [0.5, 0.6) is 0 Å². The third-order valence-electron chi connectivity index (χ3n) is 6.30. The molecule has 1 aromatic heterocycles. The summed E-state index contributed by atoms with van der Waals surface area (Å²) in [6.45, 7) is 5.67. The van der Waals surface area contributed by atoms with Crippen LogP contribution in [-0.2, 0) is 32.6 Å². The van der Waals surface area contributed by atoms with Gasteiger partial charge in [0.2, 0.25) is 23.6 Å². The van der Waals surface area contributed by atoms with Crippen molar-refractivity contribution in [1.29, 1.82) is 0 Å². The first kappa shape index (κ1) is 24.6. The SMILES string of the molecule is CC(=O)NCC1CC2(NC(=O)Cc3cn(C)nn3)C[C@@H](CNC(C)=O)N1[C@@H](CNC(C)=O)C2. The van der Waals surface area contributed by atoms with E-state index in [4.69, 9.17) is 0 Å². The zero-order valence-corrected chi connectivity index (χ0v) is 19.7. The van der Waals surface area contributed by atoms with Crippen LogP contribution in [0.2, 0.25) is 0 Å². The number of piperidine rings is 3. The predicted octanol–water partition coefficient (Wildman–Crippen LogP) is -1.77. The number of carbonyl (C=O) groups is 4. The fraction of sp³-hybridized carbons (Fsp3) is 0.714. The number of nitrogens with one attached hydrogen (secondary N) is 4. The van der Waals surface area contributed by atoms with Gasteiger partial charge in [-0.1, -0.05) is 5.21 Å². The van der Waals surface area contributed by atoms with Gasteiger partial charge in [-0.3, -0.25) is 28.8 Å². The lowest BCUT2D eigenvalue weighted by Crippen LogP contribution is -2.75. The molecule has 3 saturated heterocycles. The topological polar surface area (TPSA) is 150 Å². The molecule has 33 heavy (non-hydrogen) atoms. The molecule has 3 aliphatic rings. The van der Waals surface area contributed by atoms with E-state index in [9.17, 15) is 19.2 Å². The summed E-state index contributed by atoms with van der Waals surface area (Å²) in [5.74, 6) is -0.540. The molecule has 3 aliphatic heterocycles. The molecule has 4 heterocycles. The molecule has 12 nitrogen and oxygen atoms in total. The Morgan fingerprint density at radius 2 is 1.36 bits per heavy atom. The van der Waals surface area contributed by atoms with E-state index in [2.05, 4.69) is 36.5 Å². The Labute approximate surface area is 193 Å². The molecule has 182 valence electrons. The molecular weight excluding hydrogens is 428 g/mol. The van der Waals surface area contributed by atoms with Gasteiger partial charge in [0.05, 0.1) is 12.1 Å². The van der Waals surface area contributed by atoms with Crippen molar-refractivity contribution in [3.63, 3.8) is 0 Å². The van der Waals surface area contributed by atoms with Crippen molar-refractivity contribution < 1.29 is 19.2 Å². The van der Waals surface area contributed by atoms with Gasteiger partial charge in [0.1, 0.15) is 0 Å². The van der Waals surface area contributed by atoms with Crippen molar-refractivity contribution in [2.75, 3.05) is 19.6 Å². The van der Waals surface area contributed by atoms with Crippen molar-refractivity contribution in [2.24, 2.45) is 7.05 Å². The Morgan fingerprint density at radius 1 is 0.909 bits per heavy atom. The number of hydrogen-bond donors (Lipinski definition) is 4. The van der Waals surface area contributed by atoms with Crippen LogP contribution in [0.1, 0.15) is 45.7 Å². The maximum atomic E-state index is 13.0. The Kier molecular flexibility index (Phi) is 7.67. The summed E-state index contributed by atoms with van der Waals surface area (Å²) in [6.07, 6.45) is 3.80. The summed E-state index contributed by atoms with van der Waals surface area (Å²) in [5.41, 5.74) is 0.0581. The Bertz CT molecular complexity index is 831. The van der Waals surface area contributed by atoms with Gasteiger partial charge in [0.15, 0.2) is 0 Å². The fourth-order valence-electron chi connectivity index (χ4n) is 5.26. The van der Waals surface area contributed by atoms with Gasteiger partial charge < -0.3 is 21.3 Å². The second-order valence-corrected chi connectivity index (χ2v) is 9.22. The highest BCUT2D eigenvalue weighted by molar-refractivity contribution is 5.79. The van der Waals surface area contributed by atoms with Crippen LogP contribution in [0.25, 0.3) is 0 Å².